The molecule has 2 aromatic rings. The number of aliphatic hydroxyl groups is 1. The molecular formula is C13H17N3O2. The van der Waals surface area contributed by atoms with Crippen LogP contribution in [0.5, 0.6) is 0 Å². The van der Waals surface area contributed by atoms with Gasteiger partial charge in [0, 0.05) is 12.1 Å². The first-order valence-corrected chi connectivity index (χ1v) is 5.82. The fraction of sp³-hybridized carbons (Fsp3) is 0.385. The molecule has 18 heavy (non-hydrogen) atoms. The van der Waals surface area contributed by atoms with E-state index in [1.165, 1.54) is 0 Å². The number of aryl methyl sites for hydroxylation is 1. The third-order valence-corrected chi connectivity index (χ3v) is 2.72. The van der Waals surface area contributed by atoms with E-state index in [1.54, 1.807) is 6.92 Å². The Bertz CT molecular complexity index is 535. The fourth-order valence-corrected chi connectivity index (χ4v) is 1.63. The van der Waals surface area contributed by atoms with Gasteiger partial charge in [-0.1, -0.05) is 28.9 Å². The molecule has 5 heteroatoms. The normalized spacial score (nSPS) is 14.4. The smallest absolute Gasteiger partial charge is 0.229 e. The van der Waals surface area contributed by atoms with Gasteiger partial charge in [0.25, 0.3) is 0 Å². The van der Waals surface area contributed by atoms with Gasteiger partial charge < -0.3 is 15.4 Å². The van der Waals surface area contributed by atoms with Gasteiger partial charge >= 0.3 is 0 Å². The van der Waals surface area contributed by atoms with Crippen molar-refractivity contribution in [2.24, 2.45) is 5.73 Å². The Morgan fingerprint density at radius 1 is 1.44 bits per heavy atom. The topological polar surface area (TPSA) is 85.2 Å². The van der Waals surface area contributed by atoms with Crippen LogP contribution >= 0.6 is 0 Å². The first-order valence-electron chi connectivity index (χ1n) is 5.82. The van der Waals surface area contributed by atoms with E-state index in [2.05, 4.69) is 10.1 Å². The Morgan fingerprint density at radius 2 is 2.22 bits per heavy atom. The van der Waals surface area contributed by atoms with Crippen LogP contribution in [0.1, 0.15) is 18.4 Å². The van der Waals surface area contributed by atoms with E-state index < -0.39 is 5.60 Å². The standard InChI is InChI=1S/C13H17N3O2/c1-9-4-3-5-10(6-9)12-15-11(18-16-12)7-13(2,17)8-14/h3-6,17H,7-8,14H2,1-2H3. The molecule has 0 saturated carbocycles. The van der Waals surface area contributed by atoms with Crippen LogP contribution in [-0.4, -0.2) is 27.4 Å². The van der Waals surface area contributed by atoms with Crippen LogP contribution in [0.2, 0.25) is 0 Å². The third kappa shape index (κ3) is 2.94. The van der Waals surface area contributed by atoms with Crippen LogP contribution in [0.25, 0.3) is 11.4 Å². The van der Waals surface area contributed by atoms with E-state index in [4.69, 9.17) is 10.3 Å². The van der Waals surface area contributed by atoms with Crippen molar-refractivity contribution >= 4 is 0 Å². The van der Waals surface area contributed by atoms with Crippen LogP contribution in [0.3, 0.4) is 0 Å². The second kappa shape index (κ2) is 4.88. The molecule has 0 aliphatic carbocycles. The Kier molecular flexibility index (Phi) is 3.45. The second-order valence-corrected chi connectivity index (χ2v) is 4.76. The Balaban J connectivity index is 2.21. The van der Waals surface area contributed by atoms with Gasteiger partial charge in [-0.25, -0.2) is 0 Å². The molecule has 0 fully saturated rings. The van der Waals surface area contributed by atoms with E-state index in [9.17, 15) is 5.11 Å². The van der Waals surface area contributed by atoms with Gasteiger partial charge in [-0.05, 0) is 19.9 Å². The zero-order chi connectivity index (χ0) is 13.2. The molecule has 2 rings (SSSR count). The van der Waals surface area contributed by atoms with E-state index in [0.717, 1.165) is 11.1 Å². The Morgan fingerprint density at radius 3 is 2.89 bits per heavy atom. The van der Waals surface area contributed by atoms with E-state index in [-0.39, 0.29) is 13.0 Å². The van der Waals surface area contributed by atoms with Crippen LogP contribution < -0.4 is 5.73 Å². The molecule has 1 heterocycles. The fourth-order valence-electron chi connectivity index (χ4n) is 1.63. The third-order valence-electron chi connectivity index (χ3n) is 2.72. The van der Waals surface area contributed by atoms with E-state index in [1.807, 2.05) is 31.2 Å². The lowest BCUT2D eigenvalue weighted by Crippen LogP contribution is -2.36. The predicted molar refractivity (Wildman–Crippen MR) is 67.9 cm³/mol. The lowest BCUT2D eigenvalue weighted by molar-refractivity contribution is 0.0610. The summed E-state index contributed by atoms with van der Waals surface area (Å²) in [5, 5.41) is 13.8. The first-order chi connectivity index (χ1) is 8.50. The van der Waals surface area contributed by atoms with Crippen molar-refractivity contribution in [2.45, 2.75) is 25.9 Å². The molecule has 0 bridgehead atoms. The Hall–Kier alpha value is -1.72. The van der Waals surface area contributed by atoms with Crippen molar-refractivity contribution in [2.75, 3.05) is 6.54 Å². The predicted octanol–water partition coefficient (Wildman–Crippen LogP) is 1.30. The number of aromatic nitrogens is 2. The number of nitrogens with zero attached hydrogens (tertiary/aromatic N) is 2. The summed E-state index contributed by atoms with van der Waals surface area (Å²) in [4.78, 5) is 4.26. The van der Waals surface area contributed by atoms with E-state index >= 15 is 0 Å². The first kappa shape index (κ1) is 12.7. The van der Waals surface area contributed by atoms with Gasteiger partial charge in [0.05, 0.1) is 12.0 Å². The Labute approximate surface area is 106 Å². The molecule has 0 aliphatic rings. The molecule has 0 aliphatic heterocycles. The maximum atomic E-state index is 9.85. The van der Waals surface area contributed by atoms with Crippen LogP contribution in [0.4, 0.5) is 0 Å². The zero-order valence-electron chi connectivity index (χ0n) is 10.6. The molecule has 0 radical (unpaired) electrons. The molecule has 1 unspecified atom stereocenters. The van der Waals surface area contributed by atoms with Crippen LogP contribution in [-0.2, 0) is 6.42 Å². The summed E-state index contributed by atoms with van der Waals surface area (Å²) in [5.41, 5.74) is 6.47. The van der Waals surface area contributed by atoms with Gasteiger partial charge in [-0.2, -0.15) is 4.98 Å². The minimum atomic E-state index is -1.02. The summed E-state index contributed by atoms with van der Waals surface area (Å²) >= 11 is 0. The van der Waals surface area contributed by atoms with E-state index in [0.29, 0.717) is 11.7 Å². The van der Waals surface area contributed by atoms with Crippen molar-refractivity contribution < 1.29 is 9.63 Å². The molecule has 96 valence electrons. The van der Waals surface area contributed by atoms with Gasteiger partial charge in [0.15, 0.2) is 0 Å². The summed E-state index contributed by atoms with van der Waals surface area (Å²) in [5.74, 6) is 0.920. The quantitative estimate of drug-likeness (QED) is 0.850. The lowest BCUT2D eigenvalue weighted by Gasteiger charge is -2.17. The van der Waals surface area contributed by atoms with Crippen molar-refractivity contribution in [1.29, 1.82) is 0 Å². The summed E-state index contributed by atoms with van der Waals surface area (Å²) in [6.07, 6.45) is 0.252. The summed E-state index contributed by atoms with van der Waals surface area (Å²) in [7, 11) is 0. The SMILES string of the molecule is Cc1cccc(-c2noc(CC(C)(O)CN)n2)c1. The summed E-state index contributed by atoms with van der Waals surface area (Å²) < 4.78 is 5.12. The number of nitrogens with two attached hydrogens (primary N) is 1. The van der Waals surface area contributed by atoms with Crippen LogP contribution in [0.15, 0.2) is 28.8 Å². The highest BCUT2D eigenvalue weighted by Gasteiger charge is 2.22. The minimum Gasteiger partial charge on any atom is -0.388 e. The monoisotopic (exact) mass is 247 g/mol. The minimum absolute atomic E-state index is 0.148. The molecule has 0 saturated heterocycles. The molecule has 3 N–H and O–H groups in total. The van der Waals surface area contributed by atoms with Gasteiger partial charge in [0.2, 0.25) is 11.7 Å². The molecule has 0 amide bonds. The lowest BCUT2D eigenvalue weighted by atomic mass is 10.0. The van der Waals surface area contributed by atoms with Gasteiger partial charge in [-0.15, -0.1) is 0 Å². The molecule has 1 aromatic carbocycles. The van der Waals surface area contributed by atoms with Gasteiger partial charge in [0.1, 0.15) is 0 Å². The average Bonchev–Trinajstić information content (AvgIpc) is 2.77. The summed E-state index contributed by atoms with van der Waals surface area (Å²) in [6.45, 7) is 3.79. The van der Waals surface area contributed by atoms with Crippen molar-refractivity contribution in [3.05, 3.63) is 35.7 Å². The molecule has 0 spiro atoms. The van der Waals surface area contributed by atoms with Gasteiger partial charge in [-0.3, -0.25) is 0 Å². The highest BCUT2D eigenvalue weighted by Crippen LogP contribution is 2.18. The van der Waals surface area contributed by atoms with Crippen molar-refractivity contribution in [3.8, 4) is 11.4 Å². The highest BCUT2D eigenvalue weighted by molar-refractivity contribution is 5.55. The zero-order valence-corrected chi connectivity index (χ0v) is 10.6. The maximum absolute atomic E-state index is 9.85. The number of rotatable bonds is 4. The van der Waals surface area contributed by atoms with Crippen LogP contribution in [0, 0.1) is 6.92 Å². The summed E-state index contributed by atoms with van der Waals surface area (Å²) in [6, 6.07) is 7.85. The van der Waals surface area contributed by atoms with Crippen molar-refractivity contribution in [1.82, 2.24) is 10.1 Å². The molecular weight excluding hydrogens is 230 g/mol. The number of hydrogen-bond acceptors (Lipinski definition) is 5. The maximum Gasteiger partial charge on any atom is 0.229 e. The van der Waals surface area contributed by atoms with Crippen molar-refractivity contribution in [3.63, 3.8) is 0 Å². The molecule has 1 aromatic heterocycles. The number of hydrogen-bond donors (Lipinski definition) is 2. The molecule has 5 nitrogen and oxygen atoms in total. The largest absolute Gasteiger partial charge is 0.388 e. The number of benzene rings is 1. The molecule has 1 atom stereocenters. The average molecular weight is 247 g/mol. The second-order valence-electron chi connectivity index (χ2n) is 4.76. The highest BCUT2D eigenvalue weighted by atomic mass is 16.5.